The standard InChI is InChI=1S/C16H21N3O2S/c20-15-14-11-5-1-2-6-12(11)22-16(14)19-13(18-15)9-17-8-10-4-3-7-21-10/h10,17H,1-9H2,(H,18,19,20). The van der Waals surface area contributed by atoms with E-state index < -0.39 is 0 Å². The highest BCUT2D eigenvalue weighted by Gasteiger charge is 2.20. The zero-order chi connectivity index (χ0) is 14.9. The third-order valence-corrected chi connectivity index (χ3v) is 5.75. The lowest BCUT2D eigenvalue weighted by atomic mass is 9.97. The van der Waals surface area contributed by atoms with Gasteiger partial charge in [0.25, 0.3) is 5.56 Å². The van der Waals surface area contributed by atoms with E-state index in [1.54, 1.807) is 11.3 Å². The van der Waals surface area contributed by atoms with Gasteiger partial charge in [-0.2, -0.15) is 0 Å². The summed E-state index contributed by atoms with van der Waals surface area (Å²) in [6.07, 6.45) is 7.11. The Morgan fingerprint density at radius 2 is 2.23 bits per heavy atom. The highest BCUT2D eigenvalue weighted by Crippen LogP contribution is 2.33. The van der Waals surface area contributed by atoms with Crippen LogP contribution in [0, 0.1) is 0 Å². The van der Waals surface area contributed by atoms with Crippen LogP contribution in [0.15, 0.2) is 4.79 Å². The molecule has 0 radical (unpaired) electrons. The topological polar surface area (TPSA) is 67.0 Å². The van der Waals surface area contributed by atoms with Gasteiger partial charge in [0.05, 0.1) is 18.0 Å². The van der Waals surface area contributed by atoms with E-state index in [0.29, 0.717) is 12.6 Å². The van der Waals surface area contributed by atoms with E-state index in [-0.39, 0.29) is 5.56 Å². The Morgan fingerprint density at radius 1 is 1.32 bits per heavy atom. The first kappa shape index (κ1) is 14.4. The van der Waals surface area contributed by atoms with Crippen molar-refractivity contribution in [1.82, 2.24) is 15.3 Å². The highest BCUT2D eigenvalue weighted by atomic mass is 32.1. The lowest BCUT2D eigenvalue weighted by Crippen LogP contribution is -2.27. The first-order valence-corrected chi connectivity index (χ1v) is 8.98. The minimum Gasteiger partial charge on any atom is -0.377 e. The van der Waals surface area contributed by atoms with Crippen molar-refractivity contribution in [2.45, 2.75) is 51.2 Å². The van der Waals surface area contributed by atoms with Gasteiger partial charge in [-0.1, -0.05) is 0 Å². The number of rotatable bonds is 4. The molecule has 0 amide bonds. The van der Waals surface area contributed by atoms with Gasteiger partial charge >= 0.3 is 0 Å². The summed E-state index contributed by atoms with van der Waals surface area (Å²) in [4.78, 5) is 22.3. The van der Waals surface area contributed by atoms with Crippen LogP contribution < -0.4 is 10.9 Å². The summed E-state index contributed by atoms with van der Waals surface area (Å²) in [5, 5.41) is 4.18. The Labute approximate surface area is 133 Å². The zero-order valence-corrected chi connectivity index (χ0v) is 13.4. The van der Waals surface area contributed by atoms with Crippen LogP contribution in [0.3, 0.4) is 0 Å². The summed E-state index contributed by atoms with van der Waals surface area (Å²) in [5.41, 5.74) is 1.28. The summed E-state index contributed by atoms with van der Waals surface area (Å²) in [7, 11) is 0. The first-order chi connectivity index (χ1) is 10.8. The monoisotopic (exact) mass is 319 g/mol. The molecule has 1 aliphatic heterocycles. The quantitative estimate of drug-likeness (QED) is 0.906. The van der Waals surface area contributed by atoms with Crippen LogP contribution in [0.1, 0.15) is 41.9 Å². The van der Waals surface area contributed by atoms with Gasteiger partial charge in [-0.15, -0.1) is 11.3 Å². The first-order valence-electron chi connectivity index (χ1n) is 8.17. The van der Waals surface area contributed by atoms with Crippen LogP contribution in [0.2, 0.25) is 0 Å². The van der Waals surface area contributed by atoms with E-state index in [9.17, 15) is 4.79 Å². The molecule has 1 atom stereocenters. The molecule has 2 aliphatic rings. The average Bonchev–Trinajstić information content (AvgIpc) is 3.14. The molecule has 118 valence electrons. The minimum atomic E-state index is 0.0262. The van der Waals surface area contributed by atoms with E-state index in [1.165, 1.54) is 23.3 Å². The number of nitrogens with zero attached hydrogens (tertiary/aromatic N) is 1. The van der Waals surface area contributed by atoms with E-state index in [2.05, 4.69) is 15.3 Å². The fourth-order valence-electron chi connectivity index (χ4n) is 3.45. The van der Waals surface area contributed by atoms with Crippen LogP contribution in [0.25, 0.3) is 10.2 Å². The Kier molecular flexibility index (Phi) is 3.98. The maximum Gasteiger partial charge on any atom is 0.259 e. The summed E-state index contributed by atoms with van der Waals surface area (Å²) < 4.78 is 5.59. The Morgan fingerprint density at radius 3 is 3.09 bits per heavy atom. The Bertz CT molecular complexity index is 731. The van der Waals surface area contributed by atoms with Gasteiger partial charge in [0.15, 0.2) is 0 Å². The minimum absolute atomic E-state index is 0.0262. The number of thiophene rings is 1. The largest absolute Gasteiger partial charge is 0.377 e. The summed E-state index contributed by atoms with van der Waals surface area (Å²) in [6, 6.07) is 0. The molecule has 4 rings (SSSR count). The SMILES string of the molecule is O=c1[nH]c(CNCC2CCCO2)nc2sc3c(c12)CCCC3. The number of nitrogens with one attached hydrogen (secondary N) is 2. The number of aromatic amines is 1. The molecule has 0 bridgehead atoms. The maximum atomic E-state index is 12.4. The molecular weight excluding hydrogens is 298 g/mol. The number of fused-ring (bicyclic) bond motifs is 3. The van der Waals surface area contributed by atoms with Crippen molar-refractivity contribution in [3.05, 3.63) is 26.6 Å². The summed E-state index contributed by atoms with van der Waals surface area (Å²) in [5.74, 6) is 0.731. The van der Waals surface area contributed by atoms with Gasteiger partial charge in [-0.3, -0.25) is 4.79 Å². The van der Waals surface area contributed by atoms with Crippen LogP contribution in [0.4, 0.5) is 0 Å². The third-order valence-electron chi connectivity index (χ3n) is 4.56. The summed E-state index contributed by atoms with van der Waals surface area (Å²) >= 11 is 1.70. The third kappa shape index (κ3) is 2.71. The molecule has 1 saturated heterocycles. The molecule has 1 aliphatic carbocycles. The van der Waals surface area contributed by atoms with Gasteiger partial charge in [0.2, 0.25) is 0 Å². The van der Waals surface area contributed by atoms with Crippen LogP contribution in [0.5, 0.6) is 0 Å². The maximum absolute atomic E-state index is 12.4. The van der Waals surface area contributed by atoms with E-state index >= 15 is 0 Å². The van der Waals surface area contributed by atoms with E-state index in [1.807, 2.05) is 0 Å². The highest BCUT2D eigenvalue weighted by molar-refractivity contribution is 7.18. The number of H-pyrrole nitrogens is 1. The smallest absolute Gasteiger partial charge is 0.259 e. The van der Waals surface area contributed by atoms with Crippen LogP contribution in [-0.4, -0.2) is 29.2 Å². The lowest BCUT2D eigenvalue weighted by molar-refractivity contribution is 0.110. The molecule has 1 fully saturated rings. The Hall–Kier alpha value is -1.24. The van der Waals surface area contributed by atoms with Crippen molar-refractivity contribution < 1.29 is 4.74 Å². The van der Waals surface area contributed by atoms with Crippen molar-refractivity contribution in [3.8, 4) is 0 Å². The van der Waals surface area contributed by atoms with E-state index in [0.717, 1.165) is 54.9 Å². The van der Waals surface area contributed by atoms with Crippen molar-refractivity contribution in [2.75, 3.05) is 13.2 Å². The van der Waals surface area contributed by atoms with Crippen molar-refractivity contribution in [1.29, 1.82) is 0 Å². The average molecular weight is 319 g/mol. The fourth-order valence-corrected chi connectivity index (χ4v) is 4.73. The molecule has 22 heavy (non-hydrogen) atoms. The molecule has 0 spiro atoms. The van der Waals surface area contributed by atoms with Crippen molar-refractivity contribution in [2.24, 2.45) is 0 Å². The molecule has 2 aromatic rings. The van der Waals surface area contributed by atoms with E-state index in [4.69, 9.17) is 4.74 Å². The molecular formula is C16H21N3O2S. The normalized spacial score (nSPS) is 21.4. The Balaban J connectivity index is 1.53. The number of hydrogen-bond acceptors (Lipinski definition) is 5. The number of aromatic nitrogens is 2. The molecule has 2 aromatic heterocycles. The lowest BCUT2D eigenvalue weighted by Gasteiger charge is -2.10. The number of hydrogen-bond donors (Lipinski definition) is 2. The fraction of sp³-hybridized carbons (Fsp3) is 0.625. The van der Waals surface area contributed by atoms with Gasteiger partial charge in [0, 0.05) is 18.0 Å². The zero-order valence-electron chi connectivity index (χ0n) is 12.6. The molecule has 6 heteroatoms. The summed E-state index contributed by atoms with van der Waals surface area (Å²) in [6.45, 7) is 2.28. The van der Waals surface area contributed by atoms with Gasteiger partial charge in [-0.05, 0) is 44.1 Å². The van der Waals surface area contributed by atoms with Crippen LogP contribution >= 0.6 is 11.3 Å². The van der Waals surface area contributed by atoms with Gasteiger partial charge in [0.1, 0.15) is 10.7 Å². The molecule has 0 saturated carbocycles. The second kappa shape index (κ2) is 6.10. The van der Waals surface area contributed by atoms with Gasteiger partial charge in [-0.25, -0.2) is 4.98 Å². The number of aryl methyl sites for hydroxylation is 2. The van der Waals surface area contributed by atoms with Crippen LogP contribution in [-0.2, 0) is 24.1 Å². The predicted molar refractivity (Wildman–Crippen MR) is 87.6 cm³/mol. The molecule has 3 heterocycles. The number of ether oxygens (including phenoxy) is 1. The predicted octanol–water partition coefficient (Wildman–Crippen LogP) is 2.13. The molecule has 5 nitrogen and oxygen atoms in total. The molecule has 0 aromatic carbocycles. The van der Waals surface area contributed by atoms with Crippen molar-refractivity contribution >= 4 is 21.6 Å². The van der Waals surface area contributed by atoms with Gasteiger partial charge < -0.3 is 15.0 Å². The van der Waals surface area contributed by atoms with Crippen molar-refractivity contribution in [3.63, 3.8) is 0 Å². The molecule has 2 N–H and O–H groups in total. The second-order valence-corrected chi connectivity index (χ2v) is 7.25. The second-order valence-electron chi connectivity index (χ2n) is 6.17. The molecule has 1 unspecified atom stereocenters.